The predicted molar refractivity (Wildman–Crippen MR) is 64.4 cm³/mol. The van der Waals surface area contributed by atoms with Gasteiger partial charge in [-0.3, -0.25) is 0 Å². The average molecular weight is 220 g/mol. The number of benzene rings is 1. The van der Waals surface area contributed by atoms with Crippen LogP contribution in [-0.2, 0) is 16.1 Å². The molecule has 0 aliphatic carbocycles. The molecule has 1 aliphatic rings. The smallest absolute Gasteiger partial charge is 0.0885 e. The molecule has 1 aromatic rings. The Morgan fingerprint density at radius 3 is 2.75 bits per heavy atom. The summed E-state index contributed by atoms with van der Waals surface area (Å²) >= 11 is 0. The fourth-order valence-corrected chi connectivity index (χ4v) is 1.98. The van der Waals surface area contributed by atoms with Crippen molar-refractivity contribution in [3.05, 3.63) is 35.4 Å². The van der Waals surface area contributed by atoms with Crippen molar-refractivity contribution < 1.29 is 9.47 Å². The van der Waals surface area contributed by atoms with E-state index in [2.05, 4.69) is 45.0 Å². The molecule has 2 heteroatoms. The molecule has 0 N–H and O–H groups in total. The van der Waals surface area contributed by atoms with Crippen LogP contribution >= 0.6 is 0 Å². The van der Waals surface area contributed by atoms with Gasteiger partial charge in [-0.05, 0) is 18.1 Å². The average Bonchev–Trinajstić information content (AvgIpc) is 2.57. The molecular formula is C14H20O2. The Bertz CT molecular complexity index is 358. The van der Waals surface area contributed by atoms with Gasteiger partial charge in [0.2, 0.25) is 0 Å². The van der Waals surface area contributed by atoms with Crippen molar-refractivity contribution in [1.29, 1.82) is 0 Å². The summed E-state index contributed by atoms with van der Waals surface area (Å²) in [7, 11) is 0. The van der Waals surface area contributed by atoms with Gasteiger partial charge in [0.15, 0.2) is 0 Å². The minimum atomic E-state index is 0.142. The highest BCUT2D eigenvalue weighted by Gasteiger charge is 2.36. The van der Waals surface area contributed by atoms with Crippen LogP contribution in [0.4, 0.5) is 0 Å². The molecule has 0 bridgehead atoms. The SMILES string of the molecule is Cc1ccccc1COC1COCC1(C)C. The third-order valence-electron chi connectivity index (χ3n) is 3.32. The van der Waals surface area contributed by atoms with E-state index in [1.165, 1.54) is 11.1 Å². The van der Waals surface area contributed by atoms with Gasteiger partial charge in [0.05, 0.1) is 25.9 Å². The van der Waals surface area contributed by atoms with Crippen molar-refractivity contribution in [3.63, 3.8) is 0 Å². The summed E-state index contributed by atoms with van der Waals surface area (Å²) < 4.78 is 11.4. The van der Waals surface area contributed by atoms with Gasteiger partial charge < -0.3 is 9.47 Å². The zero-order valence-electron chi connectivity index (χ0n) is 10.3. The Hall–Kier alpha value is -0.860. The fraction of sp³-hybridized carbons (Fsp3) is 0.571. The molecule has 0 aromatic heterocycles. The summed E-state index contributed by atoms with van der Waals surface area (Å²) in [5.41, 5.74) is 2.70. The van der Waals surface area contributed by atoms with Gasteiger partial charge in [-0.25, -0.2) is 0 Å². The lowest BCUT2D eigenvalue weighted by Gasteiger charge is -2.24. The number of rotatable bonds is 3. The topological polar surface area (TPSA) is 18.5 Å². The van der Waals surface area contributed by atoms with Gasteiger partial charge in [-0.1, -0.05) is 38.1 Å². The Morgan fingerprint density at radius 2 is 2.12 bits per heavy atom. The van der Waals surface area contributed by atoms with Gasteiger partial charge in [-0.15, -0.1) is 0 Å². The number of ether oxygens (including phenoxy) is 2. The first-order valence-corrected chi connectivity index (χ1v) is 5.83. The molecule has 2 nitrogen and oxygen atoms in total. The van der Waals surface area contributed by atoms with Crippen LogP contribution in [0.15, 0.2) is 24.3 Å². The lowest BCUT2D eigenvalue weighted by atomic mass is 9.90. The Labute approximate surface area is 97.6 Å². The van der Waals surface area contributed by atoms with E-state index in [9.17, 15) is 0 Å². The first kappa shape index (κ1) is 11.6. The van der Waals surface area contributed by atoms with Crippen LogP contribution in [0.3, 0.4) is 0 Å². The highest BCUT2D eigenvalue weighted by Crippen LogP contribution is 2.30. The first-order chi connectivity index (χ1) is 7.59. The quantitative estimate of drug-likeness (QED) is 0.779. The fourth-order valence-electron chi connectivity index (χ4n) is 1.98. The molecule has 1 saturated heterocycles. The number of hydrogen-bond donors (Lipinski definition) is 0. The summed E-state index contributed by atoms with van der Waals surface area (Å²) in [5, 5.41) is 0. The molecule has 1 fully saturated rings. The maximum absolute atomic E-state index is 5.96. The second-order valence-electron chi connectivity index (χ2n) is 5.23. The van der Waals surface area contributed by atoms with E-state index in [1.807, 2.05) is 0 Å². The molecule has 1 atom stereocenters. The first-order valence-electron chi connectivity index (χ1n) is 5.83. The van der Waals surface area contributed by atoms with Crippen molar-refractivity contribution >= 4 is 0 Å². The van der Waals surface area contributed by atoms with Crippen LogP contribution in [0.2, 0.25) is 0 Å². The van der Waals surface area contributed by atoms with Crippen LogP contribution in [0, 0.1) is 12.3 Å². The van der Waals surface area contributed by atoms with Crippen LogP contribution in [-0.4, -0.2) is 19.3 Å². The lowest BCUT2D eigenvalue weighted by molar-refractivity contribution is -0.00881. The van der Waals surface area contributed by atoms with Crippen molar-refractivity contribution in [3.8, 4) is 0 Å². The van der Waals surface area contributed by atoms with Gasteiger partial charge in [0.25, 0.3) is 0 Å². The van der Waals surface area contributed by atoms with E-state index < -0.39 is 0 Å². The normalized spacial score (nSPS) is 23.6. The molecule has 16 heavy (non-hydrogen) atoms. The number of aryl methyl sites for hydroxylation is 1. The second-order valence-corrected chi connectivity index (χ2v) is 5.23. The molecule has 88 valence electrons. The second kappa shape index (κ2) is 4.56. The van der Waals surface area contributed by atoms with Crippen molar-refractivity contribution in [1.82, 2.24) is 0 Å². The summed E-state index contributed by atoms with van der Waals surface area (Å²) in [6.45, 7) is 8.72. The van der Waals surface area contributed by atoms with E-state index in [4.69, 9.17) is 9.47 Å². The lowest BCUT2D eigenvalue weighted by Crippen LogP contribution is -2.30. The molecular weight excluding hydrogens is 200 g/mol. The highest BCUT2D eigenvalue weighted by atomic mass is 16.5. The van der Waals surface area contributed by atoms with E-state index in [0.29, 0.717) is 6.61 Å². The van der Waals surface area contributed by atoms with E-state index in [1.54, 1.807) is 0 Å². The Balaban J connectivity index is 1.95. The van der Waals surface area contributed by atoms with Gasteiger partial charge >= 0.3 is 0 Å². The Kier molecular flexibility index (Phi) is 3.31. The van der Waals surface area contributed by atoms with Crippen LogP contribution in [0.25, 0.3) is 0 Å². The summed E-state index contributed by atoms with van der Waals surface area (Å²) in [6, 6.07) is 8.36. The van der Waals surface area contributed by atoms with E-state index in [0.717, 1.165) is 13.2 Å². The molecule has 0 amide bonds. The number of hydrogen-bond acceptors (Lipinski definition) is 2. The molecule has 1 aromatic carbocycles. The molecule has 1 heterocycles. The van der Waals surface area contributed by atoms with Gasteiger partial charge in [0, 0.05) is 5.41 Å². The summed E-state index contributed by atoms with van der Waals surface area (Å²) in [4.78, 5) is 0. The maximum atomic E-state index is 5.96. The van der Waals surface area contributed by atoms with Crippen molar-refractivity contribution in [2.45, 2.75) is 33.5 Å². The molecule has 1 aliphatic heterocycles. The van der Waals surface area contributed by atoms with E-state index in [-0.39, 0.29) is 11.5 Å². The van der Waals surface area contributed by atoms with Crippen LogP contribution in [0.5, 0.6) is 0 Å². The van der Waals surface area contributed by atoms with Crippen LogP contribution < -0.4 is 0 Å². The summed E-state index contributed by atoms with van der Waals surface area (Å²) in [6.07, 6.45) is 0.215. The third kappa shape index (κ3) is 2.45. The zero-order chi connectivity index (χ0) is 11.6. The molecule has 0 saturated carbocycles. The highest BCUT2D eigenvalue weighted by molar-refractivity contribution is 5.24. The standard InChI is InChI=1S/C14H20O2/c1-11-6-4-5-7-12(11)8-16-13-9-15-10-14(13,2)3/h4-7,13H,8-10H2,1-3H3. The van der Waals surface area contributed by atoms with E-state index >= 15 is 0 Å². The zero-order valence-corrected chi connectivity index (χ0v) is 10.3. The summed E-state index contributed by atoms with van der Waals surface area (Å²) in [5.74, 6) is 0. The molecule has 0 radical (unpaired) electrons. The largest absolute Gasteiger partial charge is 0.378 e. The predicted octanol–water partition coefficient (Wildman–Crippen LogP) is 2.94. The minimum absolute atomic E-state index is 0.142. The molecule has 0 spiro atoms. The third-order valence-corrected chi connectivity index (χ3v) is 3.32. The van der Waals surface area contributed by atoms with Gasteiger partial charge in [-0.2, -0.15) is 0 Å². The van der Waals surface area contributed by atoms with Crippen LogP contribution in [0.1, 0.15) is 25.0 Å². The minimum Gasteiger partial charge on any atom is -0.378 e. The monoisotopic (exact) mass is 220 g/mol. The molecule has 1 unspecified atom stereocenters. The maximum Gasteiger partial charge on any atom is 0.0885 e. The van der Waals surface area contributed by atoms with Crippen molar-refractivity contribution in [2.75, 3.05) is 13.2 Å². The Morgan fingerprint density at radius 1 is 1.38 bits per heavy atom. The van der Waals surface area contributed by atoms with Gasteiger partial charge in [0.1, 0.15) is 0 Å². The molecule has 2 rings (SSSR count). The van der Waals surface area contributed by atoms with Crippen molar-refractivity contribution in [2.24, 2.45) is 5.41 Å².